The number of alkyl halides is 1. The van der Waals surface area contributed by atoms with Crippen molar-refractivity contribution >= 4 is 33.3 Å². The Morgan fingerprint density at radius 2 is 2.20 bits per heavy atom. The van der Waals surface area contributed by atoms with Crippen LogP contribution in [-0.4, -0.2) is 17.2 Å². The molecule has 1 aromatic carbocycles. The van der Waals surface area contributed by atoms with Gasteiger partial charge < -0.3 is 4.74 Å². The van der Waals surface area contributed by atoms with Crippen molar-refractivity contribution in [1.82, 2.24) is 0 Å². The Bertz CT molecular complexity index is 364. The first-order valence-electron chi connectivity index (χ1n) is 4.60. The first-order valence-corrected chi connectivity index (χ1v) is 6.10. The number of ketones is 1. The highest BCUT2D eigenvalue weighted by Gasteiger charge is 2.09. The summed E-state index contributed by atoms with van der Waals surface area (Å²) < 4.78 is 5.46. The van der Waals surface area contributed by atoms with Crippen molar-refractivity contribution in [2.75, 3.05) is 5.33 Å². The van der Waals surface area contributed by atoms with Crippen LogP contribution in [0, 0.1) is 0 Å². The standard InChI is InChI=1S/C11H12BrClO2/c1-7(2)15-11-4-3-8(5-9(11)13)10(14)6-12/h3-5,7H,6H2,1-2H3. The van der Waals surface area contributed by atoms with Gasteiger partial charge in [0.05, 0.1) is 16.5 Å². The molecule has 0 saturated carbocycles. The molecule has 0 fully saturated rings. The summed E-state index contributed by atoms with van der Waals surface area (Å²) in [4.78, 5) is 11.4. The predicted octanol–water partition coefficient (Wildman–Crippen LogP) is 3.70. The smallest absolute Gasteiger partial charge is 0.173 e. The summed E-state index contributed by atoms with van der Waals surface area (Å²) in [5, 5.41) is 0.767. The Balaban J connectivity index is 2.93. The molecule has 0 saturated heterocycles. The zero-order valence-corrected chi connectivity index (χ0v) is 10.9. The van der Waals surface area contributed by atoms with Crippen LogP contribution in [0.3, 0.4) is 0 Å². The highest BCUT2D eigenvalue weighted by molar-refractivity contribution is 9.09. The number of carbonyl (C=O) groups is 1. The van der Waals surface area contributed by atoms with Crippen LogP contribution >= 0.6 is 27.5 Å². The van der Waals surface area contributed by atoms with Crippen molar-refractivity contribution in [2.24, 2.45) is 0 Å². The minimum atomic E-state index is 0.00740. The molecule has 0 aliphatic rings. The van der Waals surface area contributed by atoms with Gasteiger partial charge in [0, 0.05) is 5.56 Å². The molecule has 0 heterocycles. The maximum Gasteiger partial charge on any atom is 0.173 e. The lowest BCUT2D eigenvalue weighted by Crippen LogP contribution is -2.06. The molecule has 0 aromatic heterocycles. The van der Waals surface area contributed by atoms with Crippen molar-refractivity contribution in [3.63, 3.8) is 0 Å². The number of carbonyl (C=O) groups excluding carboxylic acids is 1. The molecule has 0 radical (unpaired) electrons. The van der Waals surface area contributed by atoms with Crippen molar-refractivity contribution in [2.45, 2.75) is 20.0 Å². The van der Waals surface area contributed by atoms with Gasteiger partial charge in [-0.15, -0.1) is 0 Å². The zero-order chi connectivity index (χ0) is 11.4. The van der Waals surface area contributed by atoms with Crippen molar-refractivity contribution < 1.29 is 9.53 Å². The average molecular weight is 292 g/mol. The minimum Gasteiger partial charge on any atom is -0.489 e. The number of rotatable bonds is 4. The zero-order valence-electron chi connectivity index (χ0n) is 8.59. The van der Waals surface area contributed by atoms with Gasteiger partial charge in [0.15, 0.2) is 5.78 Å². The van der Waals surface area contributed by atoms with Crippen LogP contribution in [0.2, 0.25) is 5.02 Å². The molecule has 0 aliphatic heterocycles. The lowest BCUT2D eigenvalue weighted by Gasteiger charge is -2.11. The SMILES string of the molecule is CC(C)Oc1ccc(C(=O)CBr)cc1Cl. The number of Topliss-reactive ketones (excluding diaryl/α,β-unsaturated/α-hetero) is 1. The first kappa shape index (κ1) is 12.5. The third-order valence-corrected chi connectivity index (χ3v) is 2.54. The molecule has 1 rings (SSSR count). The van der Waals surface area contributed by atoms with E-state index in [1.807, 2.05) is 13.8 Å². The fraction of sp³-hybridized carbons (Fsp3) is 0.364. The monoisotopic (exact) mass is 290 g/mol. The summed E-state index contributed by atoms with van der Waals surface area (Å²) in [6.07, 6.45) is 0.0697. The molecule has 0 bridgehead atoms. The van der Waals surface area contributed by atoms with Gasteiger partial charge in [0.25, 0.3) is 0 Å². The van der Waals surface area contributed by atoms with Crippen LogP contribution in [0.5, 0.6) is 5.75 Å². The van der Waals surface area contributed by atoms with E-state index < -0.39 is 0 Å². The summed E-state index contributed by atoms with van der Waals surface area (Å²) >= 11 is 9.09. The molecule has 0 atom stereocenters. The fourth-order valence-corrected chi connectivity index (χ4v) is 1.65. The number of hydrogen-bond acceptors (Lipinski definition) is 2. The van der Waals surface area contributed by atoms with Crippen molar-refractivity contribution in [3.8, 4) is 5.75 Å². The summed E-state index contributed by atoms with van der Waals surface area (Å²) in [6, 6.07) is 5.06. The maximum atomic E-state index is 11.4. The molecule has 1 aromatic rings. The third kappa shape index (κ3) is 3.50. The Morgan fingerprint density at radius 1 is 1.53 bits per heavy atom. The van der Waals surface area contributed by atoms with Crippen LogP contribution in [0.25, 0.3) is 0 Å². The quantitative estimate of drug-likeness (QED) is 0.624. The highest BCUT2D eigenvalue weighted by atomic mass is 79.9. The molecule has 0 aliphatic carbocycles. The molecule has 2 nitrogen and oxygen atoms in total. The Kier molecular flexibility index (Phi) is 4.61. The van der Waals surface area contributed by atoms with Gasteiger partial charge in [-0.2, -0.15) is 0 Å². The Morgan fingerprint density at radius 3 is 2.67 bits per heavy atom. The molecule has 0 N–H and O–H groups in total. The number of halogens is 2. The van der Waals surface area contributed by atoms with E-state index in [0.29, 0.717) is 21.7 Å². The Hall–Kier alpha value is -0.540. The van der Waals surface area contributed by atoms with Gasteiger partial charge in [0.2, 0.25) is 0 Å². The van der Waals surface area contributed by atoms with Gasteiger partial charge in [-0.25, -0.2) is 0 Å². The van der Waals surface area contributed by atoms with Crippen LogP contribution in [0.15, 0.2) is 18.2 Å². The first-order chi connectivity index (χ1) is 7.04. The van der Waals surface area contributed by atoms with Crippen LogP contribution in [0.1, 0.15) is 24.2 Å². The van der Waals surface area contributed by atoms with E-state index in [4.69, 9.17) is 16.3 Å². The maximum absolute atomic E-state index is 11.4. The lowest BCUT2D eigenvalue weighted by molar-refractivity contribution is 0.102. The van der Waals surface area contributed by atoms with E-state index >= 15 is 0 Å². The third-order valence-electron chi connectivity index (χ3n) is 1.74. The second kappa shape index (κ2) is 5.52. The summed E-state index contributed by atoms with van der Waals surface area (Å²) in [6.45, 7) is 3.85. The minimum absolute atomic E-state index is 0.00740. The second-order valence-electron chi connectivity index (χ2n) is 3.37. The molecule has 15 heavy (non-hydrogen) atoms. The normalized spacial score (nSPS) is 10.5. The van der Waals surface area contributed by atoms with Crippen LogP contribution in [0.4, 0.5) is 0 Å². The van der Waals surface area contributed by atoms with E-state index in [1.165, 1.54) is 0 Å². The second-order valence-corrected chi connectivity index (χ2v) is 4.34. The topological polar surface area (TPSA) is 26.3 Å². The number of hydrogen-bond donors (Lipinski definition) is 0. The number of ether oxygens (including phenoxy) is 1. The Labute approximate surface area is 103 Å². The van der Waals surface area contributed by atoms with E-state index in [2.05, 4.69) is 15.9 Å². The molecular weight excluding hydrogens is 279 g/mol. The van der Waals surface area contributed by atoms with E-state index in [1.54, 1.807) is 18.2 Å². The highest BCUT2D eigenvalue weighted by Crippen LogP contribution is 2.26. The van der Waals surface area contributed by atoms with Gasteiger partial charge in [-0.3, -0.25) is 4.79 Å². The van der Waals surface area contributed by atoms with Crippen LogP contribution < -0.4 is 4.74 Å². The molecular formula is C11H12BrClO2. The molecule has 82 valence electrons. The molecule has 0 amide bonds. The van der Waals surface area contributed by atoms with Crippen LogP contribution in [-0.2, 0) is 0 Å². The predicted molar refractivity (Wildman–Crippen MR) is 65.3 cm³/mol. The summed E-state index contributed by atoms with van der Waals surface area (Å²) in [5.74, 6) is 0.616. The molecule has 0 unspecified atom stereocenters. The van der Waals surface area contributed by atoms with E-state index in [0.717, 1.165) is 0 Å². The van der Waals surface area contributed by atoms with Crippen molar-refractivity contribution in [1.29, 1.82) is 0 Å². The van der Waals surface area contributed by atoms with E-state index in [9.17, 15) is 4.79 Å². The molecule has 4 heteroatoms. The van der Waals surface area contributed by atoms with Gasteiger partial charge >= 0.3 is 0 Å². The van der Waals surface area contributed by atoms with E-state index in [-0.39, 0.29) is 11.9 Å². The van der Waals surface area contributed by atoms with Gasteiger partial charge in [-0.1, -0.05) is 27.5 Å². The van der Waals surface area contributed by atoms with Crippen molar-refractivity contribution in [3.05, 3.63) is 28.8 Å². The van der Waals surface area contributed by atoms with Gasteiger partial charge in [0.1, 0.15) is 5.75 Å². The summed E-state index contributed by atoms with van der Waals surface area (Å²) in [7, 11) is 0. The lowest BCUT2D eigenvalue weighted by atomic mass is 10.1. The number of benzene rings is 1. The molecule has 0 spiro atoms. The largest absolute Gasteiger partial charge is 0.489 e. The fourth-order valence-electron chi connectivity index (χ4n) is 1.10. The average Bonchev–Trinajstić information content (AvgIpc) is 2.19. The summed E-state index contributed by atoms with van der Waals surface area (Å²) in [5.41, 5.74) is 0.591. The van der Waals surface area contributed by atoms with Gasteiger partial charge in [-0.05, 0) is 32.0 Å².